The molecule has 5 heteroatoms. The number of carbonyl (C=O) groups is 1. The lowest BCUT2D eigenvalue weighted by molar-refractivity contribution is -0.138. The summed E-state index contributed by atoms with van der Waals surface area (Å²) in [5.74, 6) is -0.987. The summed E-state index contributed by atoms with van der Waals surface area (Å²) in [5.41, 5.74) is 6.49. The largest absolute Gasteiger partial charge is 0.480 e. The first-order chi connectivity index (χ1) is 7.58. The minimum atomic E-state index is -0.987. The maximum absolute atomic E-state index is 10.7. The molecule has 0 saturated heterocycles. The smallest absolute Gasteiger partial charge is 0.322 e. The number of nitrogens with zero attached hydrogens (tertiary/aromatic N) is 1. The Kier molecular flexibility index (Phi) is 2.98. The lowest BCUT2D eigenvalue weighted by Gasteiger charge is -2.09. The van der Waals surface area contributed by atoms with E-state index in [1.165, 1.54) is 0 Å². The Balaban J connectivity index is 2.35. The zero-order chi connectivity index (χ0) is 11.7. The Morgan fingerprint density at radius 2 is 2.25 bits per heavy atom. The number of aromatic nitrogens is 1. The fourth-order valence-corrected chi connectivity index (χ4v) is 2.00. The predicted octanol–water partition coefficient (Wildman–Crippen LogP) is 1.82. The van der Waals surface area contributed by atoms with Crippen LogP contribution in [0.25, 0.3) is 10.9 Å². The van der Waals surface area contributed by atoms with Crippen LogP contribution in [0.1, 0.15) is 0 Å². The number of carboxylic acids is 1. The highest BCUT2D eigenvalue weighted by Gasteiger charge is 2.13. The van der Waals surface area contributed by atoms with Gasteiger partial charge in [-0.2, -0.15) is 0 Å². The molecule has 0 aliphatic heterocycles. The monoisotopic (exact) mass is 282 g/mol. The van der Waals surface area contributed by atoms with Crippen LogP contribution in [0.4, 0.5) is 0 Å². The van der Waals surface area contributed by atoms with E-state index in [2.05, 4.69) is 15.9 Å². The third-order valence-corrected chi connectivity index (χ3v) is 2.94. The number of hydrogen-bond donors (Lipinski definition) is 2. The molecule has 0 amide bonds. The Hall–Kier alpha value is -1.33. The molecular weight excluding hydrogens is 272 g/mol. The number of carboxylic acid groups (broad SMARTS) is 1. The molecule has 0 fully saturated rings. The van der Waals surface area contributed by atoms with Gasteiger partial charge in [0.2, 0.25) is 0 Å². The molecule has 16 heavy (non-hydrogen) atoms. The molecule has 3 N–H and O–H groups in total. The first kappa shape index (κ1) is 11.2. The zero-order valence-corrected chi connectivity index (χ0v) is 10.0. The van der Waals surface area contributed by atoms with Crippen molar-refractivity contribution < 1.29 is 9.90 Å². The summed E-state index contributed by atoms with van der Waals surface area (Å²) >= 11 is 3.39. The van der Waals surface area contributed by atoms with E-state index in [1.54, 1.807) is 0 Å². The van der Waals surface area contributed by atoms with Gasteiger partial charge < -0.3 is 15.4 Å². The van der Waals surface area contributed by atoms with Crippen LogP contribution < -0.4 is 5.73 Å². The highest BCUT2D eigenvalue weighted by molar-refractivity contribution is 9.10. The third kappa shape index (κ3) is 2.10. The maximum atomic E-state index is 10.7. The van der Waals surface area contributed by atoms with Crippen molar-refractivity contribution in [3.05, 3.63) is 34.9 Å². The highest BCUT2D eigenvalue weighted by atomic mass is 79.9. The van der Waals surface area contributed by atoms with Gasteiger partial charge in [-0.1, -0.05) is 15.9 Å². The van der Waals surface area contributed by atoms with Gasteiger partial charge in [0.05, 0.1) is 0 Å². The van der Waals surface area contributed by atoms with Gasteiger partial charge in [0.25, 0.3) is 0 Å². The van der Waals surface area contributed by atoms with Gasteiger partial charge in [0.1, 0.15) is 6.04 Å². The van der Waals surface area contributed by atoms with Crippen LogP contribution in [-0.2, 0) is 11.3 Å². The molecule has 84 valence electrons. The second-order valence-electron chi connectivity index (χ2n) is 3.62. The predicted molar refractivity (Wildman–Crippen MR) is 65.2 cm³/mol. The Bertz CT molecular complexity index is 536. The number of rotatable bonds is 3. The molecule has 2 rings (SSSR count). The summed E-state index contributed by atoms with van der Waals surface area (Å²) in [5, 5.41) is 9.81. The van der Waals surface area contributed by atoms with Gasteiger partial charge in [0.15, 0.2) is 0 Å². The summed E-state index contributed by atoms with van der Waals surface area (Å²) in [6, 6.07) is 6.91. The van der Waals surface area contributed by atoms with Crippen LogP contribution in [0.3, 0.4) is 0 Å². The van der Waals surface area contributed by atoms with E-state index >= 15 is 0 Å². The van der Waals surface area contributed by atoms with E-state index in [-0.39, 0.29) is 6.54 Å². The van der Waals surface area contributed by atoms with Crippen molar-refractivity contribution in [1.82, 2.24) is 4.57 Å². The van der Waals surface area contributed by atoms with E-state index in [1.807, 2.05) is 35.0 Å². The molecule has 0 radical (unpaired) electrons. The summed E-state index contributed by atoms with van der Waals surface area (Å²) in [6.07, 6.45) is 1.85. The minimum Gasteiger partial charge on any atom is -0.480 e. The average Bonchev–Trinajstić information content (AvgIpc) is 2.60. The van der Waals surface area contributed by atoms with Crippen LogP contribution in [0.5, 0.6) is 0 Å². The van der Waals surface area contributed by atoms with E-state index in [0.29, 0.717) is 0 Å². The van der Waals surface area contributed by atoms with Crippen molar-refractivity contribution in [1.29, 1.82) is 0 Å². The first-order valence-electron chi connectivity index (χ1n) is 4.81. The number of nitrogens with two attached hydrogens (primary N) is 1. The topological polar surface area (TPSA) is 68.2 Å². The van der Waals surface area contributed by atoms with Crippen molar-refractivity contribution in [3.63, 3.8) is 0 Å². The third-order valence-electron chi connectivity index (χ3n) is 2.44. The van der Waals surface area contributed by atoms with Crippen molar-refractivity contribution in [2.45, 2.75) is 12.6 Å². The highest BCUT2D eigenvalue weighted by Crippen LogP contribution is 2.20. The molecule has 0 aliphatic rings. The van der Waals surface area contributed by atoms with Crippen LogP contribution in [0.2, 0.25) is 0 Å². The van der Waals surface area contributed by atoms with Crippen LogP contribution >= 0.6 is 15.9 Å². The van der Waals surface area contributed by atoms with Crippen molar-refractivity contribution in [2.75, 3.05) is 0 Å². The molecule has 0 bridgehead atoms. The molecule has 1 aromatic heterocycles. The number of halogens is 1. The first-order valence-corrected chi connectivity index (χ1v) is 5.60. The van der Waals surface area contributed by atoms with E-state index in [4.69, 9.17) is 10.8 Å². The number of aliphatic carboxylic acids is 1. The molecule has 1 aromatic carbocycles. The zero-order valence-electron chi connectivity index (χ0n) is 8.43. The van der Waals surface area contributed by atoms with Crippen molar-refractivity contribution >= 4 is 32.8 Å². The fraction of sp³-hybridized carbons (Fsp3) is 0.182. The van der Waals surface area contributed by atoms with Crippen LogP contribution in [0, 0.1) is 0 Å². The minimum absolute atomic E-state index is 0.278. The Morgan fingerprint density at radius 1 is 1.50 bits per heavy atom. The van der Waals surface area contributed by atoms with E-state index < -0.39 is 12.0 Å². The molecule has 0 spiro atoms. The molecular formula is C11H11BrN2O2. The molecule has 0 saturated carbocycles. The van der Waals surface area contributed by atoms with Gasteiger partial charge >= 0.3 is 5.97 Å². The fourth-order valence-electron chi connectivity index (χ4n) is 1.62. The Labute approximate surface area is 101 Å². The summed E-state index contributed by atoms with van der Waals surface area (Å²) in [4.78, 5) is 10.7. The quantitative estimate of drug-likeness (QED) is 0.902. The molecule has 0 aliphatic carbocycles. The Morgan fingerprint density at radius 3 is 2.94 bits per heavy atom. The summed E-state index contributed by atoms with van der Waals surface area (Å²) < 4.78 is 2.85. The number of fused-ring (bicyclic) bond motifs is 1. The normalized spacial score (nSPS) is 12.9. The van der Waals surface area contributed by atoms with Gasteiger partial charge in [-0.3, -0.25) is 4.79 Å². The number of hydrogen-bond acceptors (Lipinski definition) is 2. The molecule has 1 heterocycles. The van der Waals surface area contributed by atoms with E-state index in [0.717, 1.165) is 15.4 Å². The number of benzene rings is 1. The van der Waals surface area contributed by atoms with Gasteiger partial charge in [-0.15, -0.1) is 0 Å². The van der Waals surface area contributed by atoms with Gasteiger partial charge in [-0.05, 0) is 24.3 Å². The van der Waals surface area contributed by atoms with Crippen molar-refractivity contribution in [2.24, 2.45) is 5.73 Å². The molecule has 2 aromatic rings. The van der Waals surface area contributed by atoms with Gasteiger partial charge in [0, 0.05) is 28.1 Å². The second kappa shape index (κ2) is 4.27. The SMILES string of the molecule is NC(Cn1ccc2cc(Br)ccc21)C(=O)O. The second-order valence-corrected chi connectivity index (χ2v) is 4.53. The van der Waals surface area contributed by atoms with E-state index in [9.17, 15) is 4.79 Å². The summed E-state index contributed by atoms with van der Waals surface area (Å²) in [7, 11) is 0. The standard InChI is InChI=1S/C11H11BrN2O2/c12-8-1-2-10-7(5-8)3-4-14(10)6-9(13)11(15)16/h1-5,9H,6,13H2,(H,15,16). The molecule has 1 unspecified atom stereocenters. The lowest BCUT2D eigenvalue weighted by atomic mass is 10.2. The van der Waals surface area contributed by atoms with Crippen LogP contribution in [0.15, 0.2) is 34.9 Å². The van der Waals surface area contributed by atoms with Crippen LogP contribution in [-0.4, -0.2) is 21.7 Å². The maximum Gasteiger partial charge on any atom is 0.322 e. The summed E-state index contributed by atoms with van der Waals surface area (Å²) in [6.45, 7) is 0.278. The van der Waals surface area contributed by atoms with Crippen molar-refractivity contribution in [3.8, 4) is 0 Å². The van der Waals surface area contributed by atoms with Gasteiger partial charge in [-0.25, -0.2) is 0 Å². The average molecular weight is 283 g/mol. The molecule has 1 atom stereocenters. The lowest BCUT2D eigenvalue weighted by Crippen LogP contribution is -2.34. The molecule has 4 nitrogen and oxygen atoms in total.